The number of benzene rings is 1. The molecule has 0 radical (unpaired) electrons. The third-order valence-corrected chi connectivity index (χ3v) is 1.64. The van der Waals surface area contributed by atoms with Crippen LogP contribution in [0.25, 0.3) is 0 Å². The molecule has 0 aliphatic carbocycles. The highest BCUT2D eigenvalue weighted by atomic mass is 19.1. The molecule has 1 rings (SSSR count). The average Bonchev–Trinajstić information content (AvgIpc) is 2.12. The van der Waals surface area contributed by atoms with Crippen LogP contribution in [0.15, 0.2) is 24.3 Å². The summed E-state index contributed by atoms with van der Waals surface area (Å²) in [5, 5.41) is 0. The second-order valence-electron chi connectivity index (χ2n) is 4.38. The minimum absolute atomic E-state index is 0.00662. The molecule has 0 bridgehead atoms. The number of hydrogen-bond donors (Lipinski definition) is 0. The zero-order chi connectivity index (χ0) is 12.2. The van der Waals surface area contributed by atoms with Gasteiger partial charge in [-0.25, -0.2) is 9.18 Å². The number of hydrogen-bond acceptors (Lipinski definition) is 3. The van der Waals surface area contributed by atoms with Crippen LogP contribution in [-0.2, 0) is 16.1 Å². The van der Waals surface area contributed by atoms with Gasteiger partial charge in [0, 0.05) is 0 Å². The third-order valence-electron chi connectivity index (χ3n) is 1.64. The van der Waals surface area contributed by atoms with Crippen molar-refractivity contribution >= 4 is 6.16 Å². The van der Waals surface area contributed by atoms with E-state index in [1.165, 1.54) is 12.1 Å². The van der Waals surface area contributed by atoms with Crippen molar-refractivity contribution in [1.82, 2.24) is 0 Å². The third kappa shape index (κ3) is 4.77. The Labute approximate surface area is 94.2 Å². The molecule has 0 aliphatic rings. The van der Waals surface area contributed by atoms with Crippen molar-refractivity contribution in [3.63, 3.8) is 0 Å². The summed E-state index contributed by atoms with van der Waals surface area (Å²) in [6.07, 6.45) is -0.753. The highest BCUT2D eigenvalue weighted by Gasteiger charge is 2.17. The zero-order valence-electron chi connectivity index (χ0n) is 9.62. The van der Waals surface area contributed by atoms with Crippen LogP contribution in [0.2, 0.25) is 0 Å². The minimum atomic E-state index is -0.753. The van der Waals surface area contributed by atoms with Crippen LogP contribution in [0.5, 0.6) is 0 Å². The van der Waals surface area contributed by atoms with Crippen LogP contribution in [0.4, 0.5) is 9.18 Å². The minimum Gasteiger partial charge on any atom is -0.429 e. The smallest absolute Gasteiger partial charge is 0.429 e. The zero-order valence-corrected chi connectivity index (χ0v) is 9.62. The molecule has 88 valence electrons. The first-order valence-electron chi connectivity index (χ1n) is 4.97. The molecule has 0 N–H and O–H groups in total. The summed E-state index contributed by atoms with van der Waals surface area (Å²) in [6, 6.07) is 5.87. The van der Waals surface area contributed by atoms with E-state index in [-0.39, 0.29) is 12.4 Å². The fourth-order valence-electron chi connectivity index (χ4n) is 1.05. The van der Waals surface area contributed by atoms with Crippen molar-refractivity contribution in [2.45, 2.75) is 33.0 Å². The van der Waals surface area contributed by atoms with Gasteiger partial charge in [-0.2, -0.15) is 0 Å². The molecule has 0 saturated carbocycles. The van der Waals surface area contributed by atoms with E-state index < -0.39 is 11.8 Å². The summed E-state index contributed by atoms with van der Waals surface area (Å²) >= 11 is 0. The lowest BCUT2D eigenvalue weighted by atomic mass is 10.2. The summed E-state index contributed by atoms with van der Waals surface area (Å²) in [4.78, 5) is 11.2. The Morgan fingerprint density at radius 1 is 1.38 bits per heavy atom. The Bertz CT molecular complexity index is 369. The monoisotopic (exact) mass is 226 g/mol. The van der Waals surface area contributed by atoms with Gasteiger partial charge in [0.2, 0.25) is 0 Å². The lowest BCUT2D eigenvalue weighted by molar-refractivity contribution is -0.0108. The number of halogens is 1. The normalized spacial score (nSPS) is 11.0. The fraction of sp³-hybridized carbons (Fsp3) is 0.417. The SMILES string of the molecule is CC(C)(C)OC(=O)OCc1cccc(F)c1. The number of carbonyl (C=O) groups excluding carboxylic acids is 1. The maximum Gasteiger partial charge on any atom is 0.509 e. The predicted octanol–water partition coefficient (Wildman–Crippen LogP) is 3.28. The van der Waals surface area contributed by atoms with Gasteiger partial charge < -0.3 is 9.47 Å². The van der Waals surface area contributed by atoms with Gasteiger partial charge in [-0.3, -0.25) is 0 Å². The fourth-order valence-corrected chi connectivity index (χ4v) is 1.05. The van der Waals surface area contributed by atoms with Gasteiger partial charge in [-0.1, -0.05) is 12.1 Å². The Hall–Kier alpha value is -1.58. The molecular weight excluding hydrogens is 211 g/mol. The van der Waals surface area contributed by atoms with E-state index in [0.29, 0.717) is 5.56 Å². The van der Waals surface area contributed by atoms with Gasteiger partial charge in [0.05, 0.1) is 0 Å². The van der Waals surface area contributed by atoms with E-state index in [1.54, 1.807) is 32.9 Å². The van der Waals surface area contributed by atoms with Crippen molar-refractivity contribution < 1.29 is 18.7 Å². The topological polar surface area (TPSA) is 35.5 Å². The number of ether oxygens (including phenoxy) is 2. The van der Waals surface area contributed by atoms with Crippen LogP contribution in [-0.4, -0.2) is 11.8 Å². The van der Waals surface area contributed by atoms with Gasteiger partial charge in [-0.15, -0.1) is 0 Å². The Balaban J connectivity index is 2.43. The van der Waals surface area contributed by atoms with E-state index >= 15 is 0 Å². The first-order valence-corrected chi connectivity index (χ1v) is 4.97. The highest BCUT2D eigenvalue weighted by molar-refractivity contribution is 5.60. The molecule has 0 saturated heterocycles. The Morgan fingerprint density at radius 2 is 2.06 bits per heavy atom. The molecule has 3 nitrogen and oxygen atoms in total. The summed E-state index contributed by atoms with van der Waals surface area (Å²) < 4.78 is 22.6. The van der Waals surface area contributed by atoms with Crippen molar-refractivity contribution in [2.75, 3.05) is 0 Å². The van der Waals surface area contributed by atoms with Crippen molar-refractivity contribution in [3.8, 4) is 0 Å². The van der Waals surface area contributed by atoms with Gasteiger partial charge in [-0.05, 0) is 38.5 Å². The molecule has 0 atom stereocenters. The van der Waals surface area contributed by atoms with Gasteiger partial charge in [0.1, 0.15) is 18.0 Å². The Kier molecular flexibility index (Phi) is 3.88. The first-order chi connectivity index (χ1) is 7.37. The van der Waals surface area contributed by atoms with Gasteiger partial charge >= 0.3 is 6.16 Å². The first kappa shape index (κ1) is 12.5. The molecule has 0 spiro atoms. The van der Waals surface area contributed by atoms with Crippen LogP contribution in [0.3, 0.4) is 0 Å². The lowest BCUT2D eigenvalue weighted by Crippen LogP contribution is -2.24. The van der Waals surface area contributed by atoms with Crippen LogP contribution < -0.4 is 0 Å². The molecule has 0 unspecified atom stereocenters. The summed E-state index contributed by atoms with van der Waals surface area (Å²) in [6.45, 7) is 5.25. The standard InChI is InChI=1S/C12H15FO3/c1-12(2,3)16-11(14)15-8-9-5-4-6-10(13)7-9/h4-7H,8H2,1-3H3. The van der Waals surface area contributed by atoms with Crippen molar-refractivity contribution in [3.05, 3.63) is 35.6 Å². The van der Waals surface area contributed by atoms with E-state index in [4.69, 9.17) is 9.47 Å². The quantitative estimate of drug-likeness (QED) is 0.726. The molecule has 0 aliphatic heterocycles. The summed E-state index contributed by atoms with van der Waals surface area (Å²) in [7, 11) is 0. The van der Waals surface area contributed by atoms with Gasteiger partial charge in [0.25, 0.3) is 0 Å². The molecule has 0 fully saturated rings. The van der Waals surface area contributed by atoms with E-state index in [9.17, 15) is 9.18 Å². The lowest BCUT2D eigenvalue weighted by Gasteiger charge is -2.18. The molecule has 16 heavy (non-hydrogen) atoms. The molecule has 0 heterocycles. The van der Waals surface area contributed by atoms with Gasteiger partial charge in [0.15, 0.2) is 0 Å². The van der Waals surface area contributed by atoms with Crippen LogP contribution in [0, 0.1) is 5.82 Å². The molecule has 1 aromatic rings. The number of carbonyl (C=O) groups is 1. The van der Waals surface area contributed by atoms with E-state index in [2.05, 4.69) is 0 Å². The van der Waals surface area contributed by atoms with Crippen molar-refractivity contribution in [1.29, 1.82) is 0 Å². The second-order valence-corrected chi connectivity index (χ2v) is 4.38. The molecule has 0 aromatic heterocycles. The second kappa shape index (κ2) is 4.96. The van der Waals surface area contributed by atoms with Crippen molar-refractivity contribution in [2.24, 2.45) is 0 Å². The number of rotatable bonds is 2. The van der Waals surface area contributed by atoms with E-state index in [0.717, 1.165) is 0 Å². The molecule has 4 heteroatoms. The maximum atomic E-state index is 12.8. The highest BCUT2D eigenvalue weighted by Crippen LogP contribution is 2.10. The van der Waals surface area contributed by atoms with Crippen LogP contribution >= 0.6 is 0 Å². The largest absolute Gasteiger partial charge is 0.509 e. The summed E-state index contributed by atoms with van der Waals surface area (Å²) in [5.74, 6) is -0.356. The van der Waals surface area contributed by atoms with E-state index in [1.807, 2.05) is 0 Å². The average molecular weight is 226 g/mol. The maximum absolute atomic E-state index is 12.8. The molecular formula is C12H15FO3. The molecule has 0 amide bonds. The Morgan fingerprint density at radius 3 is 2.62 bits per heavy atom. The predicted molar refractivity (Wildman–Crippen MR) is 57.4 cm³/mol. The molecule has 1 aromatic carbocycles. The van der Waals surface area contributed by atoms with Crippen LogP contribution in [0.1, 0.15) is 26.3 Å². The summed E-state index contributed by atoms with van der Waals surface area (Å²) in [5.41, 5.74) is 0.00445.